The Kier molecular flexibility index (Phi) is 5.62. The number of carbonyl (C=O) groups excluding carboxylic acids is 1. The van der Waals surface area contributed by atoms with Gasteiger partial charge in [-0.1, -0.05) is 31.5 Å². The zero-order valence-corrected chi connectivity index (χ0v) is 13.0. The summed E-state index contributed by atoms with van der Waals surface area (Å²) in [4.78, 5) is 14.6. The Labute approximate surface area is 127 Å². The molecule has 0 spiro atoms. The predicted octanol–water partition coefficient (Wildman–Crippen LogP) is 2.56. The second-order valence-electron chi connectivity index (χ2n) is 5.78. The summed E-state index contributed by atoms with van der Waals surface area (Å²) in [5, 5.41) is 0. The Balaban J connectivity index is 2.07. The first-order valence-electron chi connectivity index (χ1n) is 7.81. The van der Waals surface area contributed by atoms with Crippen molar-refractivity contribution in [3.8, 4) is 5.75 Å². The molecule has 0 radical (unpaired) electrons. The van der Waals surface area contributed by atoms with Gasteiger partial charge < -0.3 is 15.4 Å². The standard InChI is InChI=1S/C17H26N2O2/c1-3-13(11-18)10-17(20)19(15-8-9-15)12-14-6-4-5-7-16(14)21-2/h4-7,13,15H,3,8-12,18H2,1-2H3. The van der Waals surface area contributed by atoms with Crippen LogP contribution in [0.4, 0.5) is 0 Å². The monoisotopic (exact) mass is 290 g/mol. The van der Waals surface area contributed by atoms with Gasteiger partial charge in [-0.15, -0.1) is 0 Å². The van der Waals surface area contributed by atoms with Gasteiger partial charge in [0.15, 0.2) is 0 Å². The van der Waals surface area contributed by atoms with Gasteiger partial charge in [0.1, 0.15) is 5.75 Å². The highest BCUT2D eigenvalue weighted by Gasteiger charge is 2.33. The summed E-state index contributed by atoms with van der Waals surface area (Å²) >= 11 is 0. The summed E-state index contributed by atoms with van der Waals surface area (Å²) in [5.41, 5.74) is 6.80. The number of rotatable bonds is 8. The van der Waals surface area contributed by atoms with Crippen LogP contribution in [0.2, 0.25) is 0 Å². The molecular weight excluding hydrogens is 264 g/mol. The summed E-state index contributed by atoms with van der Waals surface area (Å²) in [6.07, 6.45) is 3.73. The summed E-state index contributed by atoms with van der Waals surface area (Å²) in [5.74, 6) is 1.36. The fraction of sp³-hybridized carbons (Fsp3) is 0.588. The first-order chi connectivity index (χ1) is 10.2. The highest BCUT2D eigenvalue weighted by atomic mass is 16.5. The van der Waals surface area contributed by atoms with Crippen molar-refractivity contribution in [3.05, 3.63) is 29.8 Å². The molecule has 0 aromatic heterocycles. The van der Waals surface area contributed by atoms with Crippen molar-refractivity contribution in [2.24, 2.45) is 11.7 Å². The van der Waals surface area contributed by atoms with Gasteiger partial charge in [0, 0.05) is 24.6 Å². The van der Waals surface area contributed by atoms with Crippen molar-refractivity contribution in [3.63, 3.8) is 0 Å². The number of nitrogens with two attached hydrogens (primary N) is 1. The normalized spacial score (nSPS) is 15.6. The molecule has 1 fully saturated rings. The molecule has 2 N–H and O–H groups in total. The van der Waals surface area contributed by atoms with Gasteiger partial charge in [0.2, 0.25) is 5.91 Å². The Bertz CT molecular complexity index is 468. The number of ether oxygens (including phenoxy) is 1. The van der Waals surface area contributed by atoms with Crippen LogP contribution in [-0.2, 0) is 11.3 Å². The van der Waals surface area contributed by atoms with Crippen LogP contribution in [0.25, 0.3) is 0 Å². The van der Waals surface area contributed by atoms with E-state index in [9.17, 15) is 4.79 Å². The van der Waals surface area contributed by atoms with Crippen LogP contribution in [0, 0.1) is 5.92 Å². The summed E-state index contributed by atoms with van der Waals surface area (Å²) in [6.45, 7) is 3.30. The smallest absolute Gasteiger partial charge is 0.223 e. The van der Waals surface area contributed by atoms with Gasteiger partial charge in [-0.25, -0.2) is 0 Å². The molecule has 1 aromatic rings. The lowest BCUT2D eigenvalue weighted by atomic mass is 10.0. The first kappa shape index (κ1) is 15.8. The molecule has 1 aliphatic carbocycles. The Hall–Kier alpha value is -1.55. The largest absolute Gasteiger partial charge is 0.496 e. The molecule has 1 atom stereocenters. The maximum Gasteiger partial charge on any atom is 0.223 e. The number of amides is 1. The van der Waals surface area contributed by atoms with Crippen LogP contribution in [0.1, 0.15) is 38.2 Å². The van der Waals surface area contributed by atoms with Gasteiger partial charge in [-0.05, 0) is 31.4 Å². The number of hydrogen-bond donors (Lipinski definition) is 1. The first-order valence-corrected chi connectivity index (χ1v) is 7.81. The van der Waals surface area contributed by atoms with Crippen molar-refractivity contribution in [2.75, 3.05) is 13.7 Å². The third kappa shape index (κ3) is 4.21. The van der Waals surface area contributed by atoms with Crippen LogP contribution in [0.15, 0.2) is 24.3 Å². The number of hydrogen-bond acceptors (Lipinski definition) is 3. The molecule has 0 bridgehead atoms. The van der Waals surface area contributed by atoms with E-state index >= 15 is 0 Å². The lowest BCUT2D eigenvalue weighted by molar-refractivity contribution is -0.133. The maximum absolute atomic E-state index is 12.6. The average Bonchev–Trinajstić information content (AvgIpc) is 3.35. The summed E-state index contributed by atoms with van der Waals surface area (Å²) in [7, 11) is 1.67. The van der Waals surface area contributed by atoms with Crippen LogP contribution < -0.4 is 10.5 Å². The topological polar surface area (TPSA) is 55.6 Å². The SMILES string of the molecule is CCC(CN)CC(=O)N(Cc1ccccc1OC)C1CC1. The molecule has 1 aliphatic rings. The summed E-state index contributed by atoms with van der Waals surface area (Å²) in [6, 6.07) is 8.31. The fourth-order valence-corrected chi connectivity index (χ4v) is 2.58. The number of methoxy groups -OCH3 is 1. The van der Waals surface area contributed by atoms with E-state index in [2.05, 4.69) is 6.92 Å². The minimum absolute atomic E-state index is 0.223. The molecule has 21 heavy (non-hydrogen) atoms. The third-order valence-electron chi connectivity index (χ3n) is 4.22. The molecule has 1 amide bonds. The zero-order valence-electron chi connectivity index (χ0n) is 13.0. The number of benzene rings is 1. The van der Waals surface area contributed by atoms with Crippen molar-refractivity contribution in [1.82, 2.24) is 4.90 Å². The van der Waals surface area contributed by atoms with Gasteiger partial charge in [0.25, 0.3) is 0 Å². The van der Waals surface area contributed by atoms with E-state index in [4.69, 9.17) is 10.5 Å². The fourth-order valence-electron chi connectivity index (χ4n) is 2.58. The minimum atomic E-state index is 0.223. The molecule has 0 aliphatic heterocycles. The molecule has 4 nitrogen and oxygen atoms in total. The maximum atomic E-state index is 12.6. The van der Waals surface area contributed by atoms with E-state index in [0.29, 0.717) is 25.6 Å². The number of carbonyl (C=O) groups is 1. The van der Waals surface area contributed by atoms with E-state index in [1.807, 2.05) is 29.2 Å². The highest BCUT2D eigenvalue weighted by molar-refractivity contribution is 5.77. The van der Waals surface area contributed by atoms with Crippen molar-refractivity contribution >= 4 is 5.91 Å². The van der Waals surface area contributed by atoms with E-state index in [0.717, 1.165) is 30.6 Å². The van der Waals surface area contributed by atoms with E-state index in [-0.39, 0.29) is 11.8 Å². The Morgan fingerprint density at radius 3 is 2.71 bits per heavy atom. The Morgan fingerprint density at radius 2 is 2.14 bits per heavy atom. The van der Waals surface area contributed by atoms with E-state index in [1.54, 1.807) is 7.11 Å². The van der Waals surface area contributed by atoms with Gasteiger partial charge in [-0.3, -0.25) is 4.79 Å². The van der Waals surface area contributed by atoms with Crippen LogP contribution in [-0.4, -0.2) is 30.5 Å². The molecule has 0 saturated heterocycles. The van der Waals surface area contributed by atoms with Crippen LogP contribution in [0.3, 0.4) is 0 Å². The summed E-state index contributed by atoms with van der Waals surface area (Å²) < 4.78 is 5.39. The average molecular weight is 290 g/mol. The lowest BCUT2D eigenvalue weighted by Crippen LogP contribution is -2.35. The molecule has 1 unspecified atom stereocenters. The van der Waals surface area contributed by atoms with Crippen molar-refractivity contribution in [1.29, 1.82) is 0 Å². The zero-order chi connectivity index (χ0) is 15.2. The number of para-hydroxylation sites is 1. The Morgan fingerprint density at radius 1 is 1.43 bits per heavy atom. The van der Waals surface area contributed by atoms with Crippen molar-refractivity contribution < 1.29 is 9.53 Å². The quantitative estimate of drug-likeness (QED) is 0.800. The second kappa shape index (κ2) is 7.46. The van der Waals surface area contributed by atoms with Gasteiger partial charge in [0.05, 0.1) is 7.11 Å². The third-order valence-corrected chi connectivity index (χ3v) is 4.22. The molecule has 1 aromatic carbocycles. The van der Waals surface area contributed by atoms with E-state index in [1.165, 1.54) is 0 Å². The van der Waals surface area contributed by atoms with Crippen molar-refractivity contribution in [2.45, 2.75) is 45.2 Å². The molecule has 1 saturated carbocycles. The van der Waals surface area contributed by atoms with Crippen LogP contribution in [0.5, 0.6) is 5.75 Å². The molecular formula is C17H26N2O2. The predicted molar refractivity (Wildman–Crippen MR) is 84.0 cm³/mol. The molecule has 2 rings (SSSR count). The highest BCUT2D eigenvalue weighted by Crippen LogP contribution is 2.31. The molecule has 4 heteroatoms. The molecule has 116 valence electrons. The van der Waals surface area contributed by atoms with Gasteiger partial charge >= 0.3 is 0 Å². The van der Waals surface area contributed by atoms with Gasteiger partial charge in [-0.2, -0.15) is 0 Å². The lowest BCUT2D eigenvalue weighted by Gasteiger charge is -2.25. The molecule has 0 heterocycles. The van der Waals surface area contributed by atoms with Crippen LogP contribution >= 0.6 is 0 Å². The van der Waals surface area contributed by atoms with E-state index < -0.39 is 0 Å². The minimum Gasteiger partial charge on any atom is -0.496 e. The number of nitrogens with zero attached hydrogens (tertiary/aromatic N) is 1. The second-order valence-corrected chi connectivity index (χ2v) is 5.78.